The minimum atomic E-state index is 0.259. The molecule has 0 amide bonds. The number of fused-ring (bicyclic) bond motifs is 1. The molecule has 6 heteroatoms. The number of ether oxygens (including phenoxy) is 2. The molecule has 2 N–H and O–H groups in total. The molecule has 0 atom stereocenters. The van der Waals surface area contributed by atoms with Gasteiger partial charge in [-0.15, -0.1) is 0 Å². The Bertz CT molecular complexity index is 955. The SMILES string of the molecule is Cc1cc(Nc2ccc3c(c2)OCO3)nc(Nc2ccc(C(C)C)cc2)n1. The van der Waals surface area contributed by atoms with Crippen LogP contribution < -0.4 is 20.1 Å². The fourth-order valence-electron chi connectivity index (χ4n) is 2.89. The van der Waals surface area contributed by atoms with Crippen molar-refractivity contribution < 1.29 is 9.47 Å². The van der Waals surface area contributed by atoms with Crippen LogP contribution in [-0.4, -0.2) is 16.8 Å². The standard InChI is InChI=1S/C21H22N4O2/c1-13(2)15-4-6-16(7-5-15)24-21-22-14(3)10-20(25-21)23-17-8-9-18-19(11-17)27-12-26-18/h4-11,13H,12H2,1-3H3,(H2,22,23,24,25). The molecule has 0 fully saturated rings. The van der Waals surface area contributed by atoms with Crippen molar-refractivity contribution in [3.8, 4) is 11.5 Å². The van der Waals surface area contributed by atoms with Gasteiger partial charge in [-0.3, -0.25) is 0 Å². The second kappa shape index (κ2) is 7.15. The molecule has 1 aliphatic rings. The van der Waals surface area contributed by atoms with Gasteiger partial charge in [-0.1, -0.05) is 26.0 Å². The largest absolute Gasteiger partial charge is 0.454 e. The molecule has 6 nitrogen and oxygen atoms in total. The lowest BCUT2D eigenvalue weighted by molar-refractivity contribution is 0.174. The second-order valence-corrected chi connectivity index (χ2v) is 6.81. The smallest absolute Gasteiger partial charge is 0.231 e. The van der Waals surface area contributed by atoms with Crippen molar-refractivity contribution in [1.29, 1.82) is 0 Å². The third-order valence-corrected chi connectivity index (χ3v) is 4.33. The summed E-state index contributed by atoms with van der Waals surface area (Å²) in [6, 6.07) is 16.0. The fourth-order valence-corrected chi connectivity index (χ4v) is 2.89. The molecule has 0 saturated carbocycles. The van der Waals surface area contributed by atoms with Crippen molar-refractivity contribution in [3.05, 3.63) is 59.8 Å². The van der Waals surface area contributed by atoms with E-state index in [-0.39, 0.29) is 6.79 Å². The monoisotopic (exact) mass is 362 g/mol. The van der Waals surface area contributed by atoms with Gasteiger partial charge in [0.05, 0.1) is 0 Å². The number of rotatable bonds is 5. The number of nitrogens with one attached hydrogen (secondary N) is 2. The molecule has 0 spiro atoms. The van der Waals surface area contributed by atoms with Crippen molar-refractivity contribution >= 4 is 23.1 Å². The van der Waals surface area contributed by atoms with Gasteiger partial charge in [-0.05, 0) is 42.7 Å². The molecular weight excluding hydrogens is 340 g/mol. The van der Waals surface area contributed by atoms with Crippen LogP contribution in [-0.2, 0) is 0 Å². The molecule has 1 aromatic heterocycles. The lowest BCUT2D eigenvalue weighted by atomic mass is 10.0. The molecule has 2 heterocycles. The number of aryl methyl sites for hydroxylation is 1. The van der Waals surface area contributed by atoms with Crippen LogP contribution >= 0.6 is 0 Å². The first-order valence-corrected chi connectivity index (χ1v) is 8.96. The number of anilines is 4. The van der Waals surface area contributed by atoms with E-state index in [4.69, 9.17) is 9.47 Å². The fraction of sp³-hybridized carbons (Fsp3) is 0.238. The summed E-state index contributed by atoms with van der Waals surface area (Å²) in [5.41, 5.74) is 4.01. The average Bonchev–Trinajstić information content (AvgIpc) is 3.09. The highest BCUT2D eigenvalue weighted by atomic mass is 16.7. The van der Waals surface area contributed by atoms with Gasteiger partial charge < -0.3 is 20.1 Å². The van der Waals surface area contributed by atoms with E-state index in [1.165, 1.54) is 5.56 Å². The lowest BCUT2D eigenvalue weighted by Gasteiger charge is -2.11. The second-order valence-electron chi connectivity index (χ2n) is 6.81. The van der Waals surface area contributed by atoms with Crippen LogP contribution in [0, 0.1) is 6.92 Å². The normalized spacial score (nSPS) is 12.3. The van der Waals surface area contributed by atoms with E-state index in [0.717, 1.165) is 28.6 Å². The van der Waals surface area contributed by atoms with E-state index in [9.17, 15) is 0 Å². The Morgan fingerprint density at radius 3 is 2.37 bits per heavy atom. The Morgan fingerprint density at radius 1 is 0.852 bits per heavy atom. The van der Waals surface area contributed by atoms with Gasteiger partial charge in [0.1, 0.15) is 5.82 Å². The molecular formula is C21H22N4O2. The molecule has 0 radical (unpaired) electrons. The molecule has 0 bridgehead atoms. The zero-order chi connectivity index (χ0) is 18.8. The van der Waals surface area contributed by atoms with Crippen LogP contribution in [0.25, 0.3) is 0 Å². The molecule has 4 rings (SSSR count). The minimum absolute atomic E-state index is 0.259. The van der Waals surface area contributed by atoms with Crippen LogP contribution in [0.3, 0.4) is 0 Å². The van der Waals surface area contributed by atoms with Gasteiger partial charge in [-0.2, -0.15) is 4.98 Å². The van der Waals surface area contributed by atoms with Crippen molar-refractivity contribution in [3.63, 3.8) is 0 Å². The molecule has 1 aliphatic heterocycles. The number of hydrogen-bond acceptors (Lipinski definition) is 6. The number of nitrogens with zero attached hydrogens (tertiary/aromatic N) is 2. The third kappa shape index (κ3) is 3.95. The van der Waals surface area contributed by atoms with E-state index < -0.39 is 0 Å². The van der Waals surface area contributed by atoms with E-state index in [0.29, 0.717) is 17.7 Å². The molecule has 27 heavy (non-hydrogen) atoms. The Labute approximate surface area is 158 Å². The van der Waals surface area contributed by atoms with Crippen molar-refractivity contribution in [2.24, 2.45) is 0 Å². The highest BCUT2D eigenvalue weighted by molar-refractivity contribution is 5.63. The summed E-state index contributed by atoms with van der Waals surface area (Å²) in [5.74, 6) is 3.26. The number of aromatic nitrogens is 2. The summed E-state index contributed by atoms with van der Waals surface area (Å²) in [5, 5.41) is 6.57. The van der Waals surface area contributed by atoms with Crippen LogP contribution in [0.2, 0.25) is 0 Å². The zero-order valence-corrected chi connectivity index (χ0v) is 15.6. The predicted molar refractivity (Wildman–Crippen MR) is 106 cm³/mol. The van der Waals surface area contributed by atoms with Crippen molar-refractivity contribution in [1.82, 2.24) is 9.97 Å². The summed E-state index contributed by atoms with van der Waals surface area (Å²) >= 11 is 0. The first-order chi connectivity index (χ1) is 13.1. The summed E-state index contributed by atoms with van der Waals surface area (Å²) in [6.07, 6.45) is 0. The van der Waals surface area contributed by atoms with E-state index in [1.54, 1.807) is 0 Å². The Balaban J connectivity index is 1.52. The van der Waals surface area contributed by atoms with Crippen molar-refractivity contribution in [2.45, 2.75) is 26.7 Å². The molecule has 3 aromatic rings. The molecule has 0 aliphatic carbocycles. The highest BCUT2D eigenvalue weighted by Gasteiger charge is 2.13. The maximum Gasteiger partial charge on any atom is 0.231 e. The summed E-state index contributed by atoms with van der Waals surface area (Å²) in [4.78, 5) is 9.05. The van der Waals surface area contributed by atoms with E-state index in [2.05, 4.69) is 46.6 Å². The van der Waals surface area contributed by atoms with Gasteiger partial charge in [0, 0.05) is 29.2 Å². The summed E-state index contributed by atoms with van der Waals surface area (Å²) in [7, 11) is 0. The van der Waals surface area contributed by atoms with Gasteiger partial charge in [0.2, 0.25) is 12.7 Å². The molecule has 138 valence electrons. The number of hydrogen-bond donors (Lipinski definition) is 2. The van der Waals surface area contributed by atoms with Gasteiger partial charge >= 0.3 is 0 Å². The van der Waals surface area contributed by atoms with Gasteiger partial charge in [0.15, 0.2) is 11.5 Å². The summed E-state index contributed by atoms with van der Waals surface area (Å²) in [6.45, 7) is 6.56. The highest BCUT2D eigenvalue weighted by Crippen LogP contribution is 2.35. The minimum Gasteiger partial charge on any atom is -0.454 e. The maximum atomic E-state index is 5.42. The van der Waals surface area contributed by atoms with E-state index in [1.807, 2.05) is 43.3 Å². The summed E-state index contributed by atoms with van der Waals surface area (Å²) < 4.78 is 10.8. The van der Waals surface area contributed by atoms with Gasteiger partial charge in [0.25, 0.3) is 0 Å². The quantitative estimate of drug-likeness (QED) is 0.656. The first kappa shape index (κ1) is 17.1. The molecule has 0 unspecified atom stereocenters. The van der Waals surface area contributed by atoms with Crippen LogP contribution in [0.15, 0.2) is 48.5 Å². The van der Waals surface area contributed by atoms with E-state index >= 15 is 0 Å². The Kier molecular flexibility index (Phi) is 4.54. The third-order valence-electron chi connectivity index (χ3n) is 4.33. The van der Waals surface area contributed by atoms with Gasteiger partial charge in [-0.25, -0.2) is 4.98 Å². The topological polar surface area (TPSA) is 68.3 Å². The lowest BCUT2D eigenvalue weighted by Crippen LogP contribution is -2.02. The van der Waals surface area contributed by atoms with Crippen LogP contribution in [0.4, 0.5) is 23.1 Å². The first-order valence-electron chi connectivity index (χ1n) is 8.96. The zero-order valence-electron chi connectivity index (χ0n) is 15.6. The maximum absolute atomic E-state index is 5.42. The van der Waals surface area contributed by atoms with Crippen LogP contribution in [0.5, 0.6) is 11.5 Å². The molecule has 0 saturated heterocycles. The average molecular weight is 362 g/mol. The Hall–Kier alpha value is -3.28. The predicted octanol–water partition coefficient (Wildman–Crippen LogP) is 5.12. The van der Waals surface area contributed by atoms with Crippen LogP contribution in [0.1, 0.15) is 31.0 Å². The molecule has 2 aromatic carbocycles. The Morgan fingerprint density at radius 2 is 1.59 bits per heavy atom. The van der Waals surface area contributed by atoms with Crippen molar-refractivity contribution in [2.75, 3.05) is 17.4 Å². The number of benzene rings is 2.